The minimum atomic E-state index is -0.673. The SMILES string of the molecule is Cc1[nH]c(=O)[nH]c(=O)c1CC(=O)Nc1ccc(C(N)=O)nc1. The molecule has 114 valence electrons. The molecule has 0 spiro atoms. The van der Waals surface area contributed by atoms with E-state index in [2.05, 4.69) is 20.3 Å². The van der Waals surface area contributed by atoms with Gasteiger partial charge in [-0.1, -0.05) is 0 Å². The largest absolute Gasteiger partial charge is 0.364 e. The van der Waals surface area contributed by atoms with Crippen molar-refractivity contribution in [3.8, 4) is 0 Å². The summed E-state index contributed by atoms with van der Waals surface area (Å²) >= 11 is 0. The fraction of sp³-hybridized carbons (Fsp3) is 0.154. The molecule has 22 heavy (non-hydrogen) atoms. The summed E-state index contributed by atoms with van der Waals surface area (Å²) in [5.74, 6) is -1.14. The summed E-state index contributed by atoms with van der Waals surface area (Å²) in [6.45, 7) is 1.53. The van der Waals surface area contributed by atoms with Crippen molar-refractivity contribution in [1.29, 1.82) is 0 Å². The maximum absolute atomic E-state index is 11.9. The van der Waals surface area contributed by atoms with Gasteiger partial charge in [-0.05, 0) is 19.1 Å². The number of nitrogens with zero attached hydrogens (tertiary/aromatic N) is 1. The molecule has 0 saturated carbocycles. The Morgan fingerprint density at radius 1 is 1.27 bits per heavy atom. The van der Waals surface area contributed by atoms with Crippen LogP contribution in [-0.2, 0) is 11.2 Å². The average Bonchev–Trinajstić information content (AvgIpc) is 2.43. The van der Waals surface area contributed by atoms with Crippen LogP contribution in [0.2, 0.25) is 0 Å². The molecule has 0 saturated heterocycles. The molecule has 0 aliphatic rings. The summed E-state index contributed by atoms with van der Waals surface area (Å²) in [4.78, 5) is 53.8. The van der Waals surface area contributed by atoms with E-state index in [0.717, 1.165) is 0 Å². The van der Waals surface area contributed by atoms with Gasteiger partial charge in [0.15, 0.2) is 0 Å². The van der Waals surface area contributed by atoms with Crippen LogP contribution in [0.5, 0.6) is 0 Å². The summed E-state index contributed by atoms with van der Waals surface area (Å²) in [6, 6.07) is 2.84. The van der Waals surface area contributed by atoms with E-state index in [4.69, 9.17) is 5.73 Å². The molecule has 2 rings (SSSR count). The molecular formula is C13H13N5O4. The number of carbonyl (C=O) groups is 2. The van der Waals surface area contributed by atoms with Gasteiger partial charge < -0.3 is 16.0 Å². The third-order valence-corrected chi connectivity index (χ3v) is 2.89. The van der Waals surface area contributed by atoms with Gasteiger partial charge in [0, 0.05) is 11.3 Å². The molecule has 0 aliphatic carbocycles. The number of aromatic amines is 2. The quantitative estimate of drug-likeness (QED) is 0.574. The Bertz CT molecular complexity index is 835. The van der Waals surface area contributed by atoms with Crippen LogP contribution in [0.25, 0.3) is 0 Å². The highest BCUT2D eigenvalue weighted by Gasteiger charge is 2.12. The van der Waals surface area contributed by atoms with Crippen LogP contribution in [-0.4, -0.2) is 26.8 Å². The fourth-order valence-corrected chi connectivity index (χ4v) is 1.82. The smallest absolute Gasteiger partial charge is 0.325 e. The number of hydrogen-bond donors (Lipinski definition) is 4. The van der Waals surface area contributed by atoms with E-state index >= 15 is 0 Å². The summed E-state index contributed by atoms with van der Waals surface area (Å²) < 4.78 is 0. The Morgan fingerprint density at radius 2 is 2.00 bits per heavy atom. The third kappa shape index (κ3) is 3.45. The molecule has 2 aromatic rings. The Balaban J connectivity index is 2.12. The lowest BCUT2D eigenvalue weighted by Gasteiger charge is -2.06. The Morgan fingerprint density at radius 3 is 2.55 bits per heavy atom. The number of carbonyl (C=O) groups excluding carboxylic acids is 2. The summed E-state index contributed by atoms with van der Waals surface area (Å²) in [6.07, 6.45) is 1.07. The molecule has 0 unspecified atom stereocenters. The average molecular weight is 303 g/mol. The molecule has 5 N–H and O–H groups in total. The van der Waals surface area contributed by atoms with E-state index < -0.39 is 23.1 Å². The molecular weight excluding hydrogens is 290 g/mol. The van der Waals surface area contributed by atoms with Crippen molar-refractivity contribution < 1.29 is 9.59 Å². The zero-order valence-corrected chi connectivity index (χ0v) is 11.6. The Hall–Kier alpha value is -3.23. The van der Waals surface area contributed by atoms with Crippen LogP contribution in [0.15, 0.2) is 27.9 Å². The first kappa shape index (κ1) is 15.2. The lowest BCUT2D eigenvalue weighted by Crippen LogP contribution is -2.29. The number of anilines is 1. The maximum Gasteiger partial charge on any atom is 0.325 e. The molecule has 2 amide bonds. The highest BCUT2D eigenvalue weighted by molar-refractivity contribution is 5.93. The van der Waals surface area contributed by atoms with Crippen LogP contribution in [0.3, 0.4) is 0 Å². The molecule has 0 aliphatic heterocycles. The monoisotopic (exact) mass is 303 g/mol. The predicted octanol–water partition coefficient (Wildman–Crippen LogP) is -0.953. The molecule has 0 radical (unpaired) electrons. The molecule has 2 aromatic heterocycles. The van der Waals surface area contributed by atoms with Gasteiger partial charge >= 0.3 is 5.69 Å². The second kappa shape index (κ2) is 6.04. The van der Waals surface area contributed by atoms with Gasteiger partial charge in [0.2, 0.25) is 5.91 Å². The van der Waals surface area contributed by atoms with Gasteiger partial charge in [-0.2, -0.15) is 0 Å². The number of amides is 2. The number of H-pyrrole nitrogens is 2. The molecule has 9 heteroatoms. The van der Waals surface area contributed by atoms with Crippen molar-refractivity contribution >= 4 is 17.5 Å². The molecule has 0 bridgehead atoms. The van der Waals surface area contributed by atoms with E-state index in [1.165, 1.54) is 25.3 Å². The lowest BCUT2D eigenvalue weighted by atomic mass is 10.1. The summed E-state index contributed by atoms with van der Waals surface area (Å²) in [7, 11) is 0. The van der Waals surface area contributed by atoms with Crippen molar-refractivity contribution in [3.05, 3.63) is 56.1 Å². The number of aryl methyl sites for hydroxylation is 1. The van der Waals surface area contributed by atoms with Crippen LogP contribution < -0.4 is 22.3 Å². The Kier molecular flexibility index (Phi) is 4.16. The fourth-order valence-electron chi connectivity index (χ4n) is 1.82. The summed E-state index contributed by atoms with van der Waals surface area (Å²) in [5, 5.41) is 2.53. The van der Waals surface area contributed by atoms with Crippen LogP contribution >= 0.6 is 0 Å². The molecule has 0 aromatic carbocycles. The number of primary amides is 1. The zero-order chi connectivity index (χ0) is 16.3. The normalized spacial score (nSPS) is 10.2. The first-order valence-corrected chi connectivity index (χ1v) is 6.24. The van der Waals surface area contributed by atoms with Crippen molar-refractivity contribution in [3.63, 3.8) is 0 Å². The van der Waals surface area contributed by atoms with Gasteiger partial charge in [0.05, 0.1) is 18.3 Å². The lowest BCUT2D eigenvalue weighted by molar-refractivity contribution is -0.115. The number of nitrogens with one attached hydrogen (secondary N) is 3. The van der Waals surface area contributed by atoms with E-state index in [0.29, 0.717) is 11.4 Å². The van der Waals surface area contributed by atoms with Crippen LogP contribution in [0, 0.1) is 6.92 Å². The number of hydrogen-bond acceptors (Lipinski definition) is 5. The minimum Gasteiger partial charge on any atom is -0.364 e. The number of pyridine rings is 1. The second-order valence-electron chi connectivity index (χ2n) is 4.53. The third-order valence-electron chi connectivity index (χ3n) is 2.89. The highest BCUT2D eigenvalue weighted by Crippen LogP contribution is 2.07. The predicted molar refractivity (Wildman–Crippen MR) is 77.5 cm³/mol. The van der Waals surface area contributed by atoms with E-state index in [1.807, 2.05) is 0 Å². The minimum absolute atomic E-state index is 0.0749. The summed E-state index contributed by atoms with van der Waals surface area (Å²) in [5.41, 5.74) is 4.74. The van der Waals surface area contributed by atoms with Crippen molar-refractivity contribution in [2.45, 2.75) is 13.3 Å². The van der Waals surface area contributed by atoms with E-state index in [-0.39, 0.29) is 17.7 Å². The standard InChI is InChI=1S/C13H13N5O4/c1-6-8(12(21)18-13(22)16-6)4-10(19)17-7-2-3-9(11(14)20)15-5-7/h2-3,5H,4H2,1H3,(H2,14,20)(H,17,19)(H2,16,18,21,22). The first-order valence-electron chi connectivity index (χ1n) is 6.24. The van der Waals surface area contributed by atoms with Crippen molar-refractivity contribution in [2.75, 3.05) is 5.32 Å². The first-order chi connectivity index (χ1) is 10.4. The van der Waals surface area contributed by atoms with Crippen LogP contribution in [0.4, 0.5) is 5.69 Å². The molecule has 9 nitrogen and oxygen atoms in total. The van der Waals surface area contributed by atoms with Gasteiger partial charge in [-0.3, -0.25) is 19.4 Å². The topological polar surface area (TPSA) is 151 Å². The van der Waals surface area contributed by atoms with Gasteiger partial charge in [0.25, 0.3) is 11.5 Å². The number of aromatic nitrogens is 3. The number of rotatable bonds is 4. The van der Waals surface area contributed by atoms with Gasteiger partial charge in [-0.25, -0.2) is 9.78 Å². The second-order valence-corrected chi connectivity index (χ2v) is 4.53. The highest BCUT2D eigenvalue weighted by atomic mass is 16.2. The van der Waals surface area contributed by atoms with Crippen LogP contribution in [0.1, 0.15) is 21.7 Å². The van der Waals surface area contributed by atoms with Gasteiger partial charge in [-0.15, -0.1) is 0 Å². The molecule has 0 fully saturated rings. The van der Waals surface area contributed by atoms with E-state index in [9.17, 15) is 19.2 Å². The van der Waals surface area contributed by atoms with Crippen molar-refractivity contribution in [1.82, 2.24) is 15.0 Å². The van der Waals surface area contributed by atoms with Gasteiger partial charge in [0.1, 0.15) is 5.69 Å². The zero-order valence-electron chi connectivity index (χ0n) is 11.6. The van der Waals surface area contributed by atoms with E-state index in [1.54, 1.807) is 0 Å². The van der Waals surface area contributed by atoms with Crippen molar-refractivity contribution in [2.24, 2.45) is 5.73 Å². The molecule has 0 atom stereocenters. The Labute approximate surface area is 123 Å². The maximum atomic E-state index is 11.9. The number of nitrogens with two attached hydrogens (primary N) is 1. The molecule has 2 heterocycles.